The van der Waals surface area contributed by atoms with Crippen molar-refractivity contribution >= 4 is 21.5 Å². The molecule has 19 heavy (non-hydrogen) atoms. The first-order valence-corrected chi connectivity index (χ1v) is 6.55. The Morgan fingerprint density at radius 1 is 1.11 bits per heavy atom. The summed E-state index contributed by atoms with van der Waals surface area (Å²) < 4.78 is 51.9. The minimum Gasteiger partial charge on any atom is -0.384 e. The molecular formula is C11H9F2N3O2S. The van der Waals surface area contributed by atoms with Gasteiger partial charge in [-0.05, 0) is 18.2 Å². The van der Waals surface area contributed by atoms with E-state index in [1.54, 1.807) is 0 Å². The van der Waals surface area contributed by atoms with E-state index in [0.29, 0.717) is 6.07 Å². The molecule has 0 aliphatic heterocycles. The van der Waals surface area contributed by atoms with Gasteiger partial charge in [-0.1, -0.05) is 0 Å². The topological polar surface area (TPSA) is 85.1 Å². The van der Waals surface area contributed by atoms with Crippen LogP contribution in [-0.4, -0.2) is 13.4 Å². The van der Waals surface area contributed by atoms with Gasteiger partial charge in [-0.15, -0.1) is 0 Å². The molecule has 0 unspecified atom stereocenters. The van der Waals surface area contributed by atoms with Crippen molar-refractivity contribution in [2.45, 2.75) is 4.90 Å². The number of nitrogens with one attached hydrogen (secondary N) is 1. The highest BCUT2D eigenvalue weighted by atomic mass is 32.2. The number of aromatic nitrogens is 1. The number of nitrogens with zero attached hydrogens (tertiary/aromatic N) is 1. The van der Waals surface area contributed by atoms with E-state index in [1.165, 1.54) is 12.3 Å². The number of rotatable bonds is 3. The normalized spacial score (nSPS) is 11.3. The van der Waals surface area contributed by atoms with Gasteiger partial charge in [0.25, 0.3) is 10.0 Å². The molecule has 1 aromatic carbocycles. The number of nitrogens with two attached hydrogens (primary N) is 1. The fraction of sp³-hybridized carbons (Fsp3) is 0. The van der Waals surface area contributed by atoms with E-state index in [0.717, 1.165) is 18.2 Å². The average molecular weight is 285 g/mol. The molecular weight excluding hydrogens is 276 g/mol. The maximum absolute atomic E-state index is 13.0. The third kappa shape index (κ3) is 3.16. The molecule has 1 aromatic heterocycles. The highest BCUT2D eigenvalue weighted by Crippen LogP contribution is 2.18. The third-order valence-corrected chi connectivity index (χ3v) is 3.56. The van der Waals surface area contributed by atoms with Crippen LogP contribution < -0.4 is 10.5 Å². The third-order valence-electron chi connectivity index (χ3n) is 2.18. The molecule has 5 nitrogen and oxygen atoms in total. The predicted molar refractivity (Wildman–Crippen MR) is 65.8 cm³/mol. The first kappa shape index (κ1) is 13.2. The Morgan fingerprint density at radius 3 is 2.32 bits per heavy atom. The fourth-order valence-electron chi connectivity index (χ4n) is 1.42. The first-order chi connectivity index (χ1) is 8.87. The molecule has 0 saturated heterocycles. The highest BCUT2D eigenvalue weighted by Gasteiger charge is 2.15. The summed E-state index contributed by atoms with van der Waals surface area (Å²) >= 11 is 0. The van der Waals surface area contributed by atoms with Crippen LogP contribution in [0.2, 0.25) is 0 Å². The number of hydrogen-bond donors (Lipinski definition) is 2. The summed E-state index contributed by atoms with van der Waals surface area (Å²) in [5.74, 6) is -1.74. The molecule has 0 aliphatic rings. The average Bonchev–Trinajstić information content (AvgIpc) is 2.26. The van der Waals surface area contributed by atoms with Crippen LogP contribution >= 0.6 is 0 Å². The molecule has 0 atom stereocenters. The van der Waals surface area contributed by atoms with Crippen molar-refractivity contribution in [1.82, 2.24) is 4.98 Å². The predicted octanol–water partition coefficient (Wildman–Crippen LogP) is 1.74. The van der Waals surface area contributed by atoms with Crippen molar-refractivity contribution in [1.29, 1.82) is 0 Å². The van der Waals surface area contributed by atoms with Crippen LogP contribution in [0.15, 0.2) is 41.4 Å². The molecule has 8 heteroatoms. The second-order valence-corrected chi connectivity index (χ2v) is 5.36. The van der Waals surface area contributed by atoms with Crippen LogP contribution in [0, 0.1) is 11.6 Å². The summed E-state index contributed by atoms with van der Waals surface area (Å²) in [5, 5.41) is 0. The molecule has 0 aliphatic carbocycles. The Morgan fingerprint density at radius 2 is 1.74 bits per heavy atom. The maximum Gasteiger partial charge on any atom is 0.262 e. The van der Waals surface area contributed by atoms with E-state index >= 15 is 0 Å². The summed E-state index contributed by atoms with van der Waals surface area (Å²) in [6.07, 6.45) is 1.22. The number of halogens is 2. The number of benzene rings is 1. The van der Waals surface area contributed by atoms with Crippen molar-refractivity contribution in [3.8, 4) is 0 Å². The van der Waals surface area contributed by atoms with E-state index in [1.807, 2.05) is 0 Å². The molecule has 0 fully saturated rings. The van der Waals surface area contributed by atoms with Crippen LogP contribution in [0.5, 0.6) is 0 Å². The summed E-state index contributed by atoms with van der Waals surface area (Å²) in [7, 11) is -3.97. The van der Waals surface area contributed by atoms with Crippen LogP contribution in [0.25, 0.3) is 0 Å². The number of hydrogen-bond acceptors (Lipinski definition) is 4. The number of sulfonamides is 1. The zero-order chi connectivity index (χ0) is 14.0. The molecule has 100 valence electrons. The highest BCUT2D eigenvalue weighted by molar-refractivity contribution is 7.92. The van der Waals surface area contributed by atoms with Gasteiger partial charge in [0, 0.05) is 18.3 Å². The van der Waals surface area contributed by atoms with Gasteiger partial charge >= 0.3 is 0 Å². The lowest BCUT2D eigenvalue weighted by Gasteiger charge is -2.08. The van der Waals surface area contributed by atoms with Gasteiger partial charge in [-0.25, -0.2) is 22.2 Å². The molecule has 2 rings (SSSR count). The standard InChI is InChI=1S/C11H9F2N3O2S/c12-7-3-8(13)5-9(4-7)16-19(17,18)10-1-2-15-11(14)6-10/h1-6,16H,(H2,14,15). The number of pyridine rings is 1. The molecule has 0 saturated carbocycles. The Kier molecular flexibility index (Phi) is 3.34. The quantitative estimate of drug-likeness (QED) is 0.899. The minimum absolute atomic E-state index is 0.0216. The molecule has 0 amide bonds. The zero-order valence-corrected chi connectivity index (χ0v) is 10.3. The monoisotopic (exact) mass is 285 g/mol. The summed E-state index contributed by atoms with van der Waals surface area (Å²) in [6, 6.07) is 4.73. The lowest BCUT2D eigenvalue weighted by atomic mass is 10.3. The first-order valence-electron chi connectivity index (χ1n) is 5.07. The van der Waals surface area contributed by atoms with Gasteiger partial charge in [-0.3, -0.25) is 4.72 Å². The van der Waals surface area contributed by atoms with Crippen LogP contribution in [0.4, 0.5) is 20.3 Å². The van der Waals surface area contributed by atoms with Crippen molar-refractivity contribution in [3.63, 3.8) is 0 Å². The Hall–Kier alpha value is -2.22. The van der Waals surface area contributed by atoms with Crippen molar-refractivity contribution < 1.29 is 17.2 Å². The summed E-state index contributed by atoms with van der Waals surface area (Å²) in [6.45, 7) is 0. The van der Waals surface area contributed by atoms with Crippen molar-refractivity contribution in [2.24, 2.45) is 0 Å². The molecule has 1 heterocycles. The second kappa shape index (κ2) is 4.81. The van der Waals surface area contributed by atoms with Gasteiger partial charge in [0.15, 0.2) is 0 Å². The van der Waals surface area contributed by atoms with Crippen LogP contribution in [0.1, 0.15) is 0 Å². The SMILES string of the molecule is Nc1cc(S(=O)(=O)Nc2cc(F)cc(F)c2)ccn1. The Labute approximate surface area is 108 Å². The summed E-state index contributed by atoms with van der Waals surface area (Å²) in [5.41, 5.74) is 5.16. The van der Waals surface area contributed by atoms with Crippen LogP contribution in [-0.2, 0) is 10.0 Å². The maximum atomic E-state index is 13.0. The largest absolute Gasteiger partial charge is 0.384 e. The van der Waals surface area contributed by atoms with Gasteiger partial charge in [0.2, 0.25) is 0 Å². The fourth-order valence-corrected chi connectivity index (χ4v) is 2.48. The van der Waals surface area contributed by atoms with Crippen molar-refractivity contribution in [2.75, 3.05) is 10.5 Å². The summed E-state index contributed by atoms with van der Waals surface area (Å²) in [4.78, 5) is 3.51. The van der Waals surface area contributed by atoms with E-state index in [2.05, 4.69) is 9.71 Å². The van der Waals surface area contributed by atoms with Gasteiger partial charge < -0.3 is 5.73 Å². The molecule has 0 spiro atoms. The number of anilines is 2. The number of nitrogen functional groups attached to an aromatic ring is 1. The van der Waals surface area contributed by atoms with E-state index in [4.69, 9.17) is 5.73 Å². The molecule has 2 aromatic rings. The molecule has 3 N–H and O–H groups in total. The van der Waals surface area contributed by atoms with E-state index in [-0.39, 0.29) is 16.4 Å². The molecule has 0 bridgehead atoms. The smallest absolute Gasteiger partial charge is 0.262 e. The molecule has 0 radical (unpaired) electrons. The van der Waals surface area contributed by atoms with Gasteiger partial charge in [0.05, 0.1) is 10.6 Å². The lowest BCUT2D eigenvalue weighted by Crippen LogP contribution is -2.13. The zero-order valence-electron chi connectivity index (χ0n) is 9.47. The van der Waals surface area contributed by atoms with E-state index in [9.17, 15) is 17.2 Å². The van der Waals surface area contributed by atoms with Gasteiger partial charge in [-0.2, -0.15) is 0 Å². The Balaban J connectivity index is 2.36. The van der Waals surface area contributed by atoms with Crippen LogP contribution in [0.3, 0.4) is 0 Å². The minimum atomic E-state index is -3.97. The Bertz CT molecular complexity index is 699. The lowest BCUT2D eigenvalue weighted by molar-refractivity contribution is 0.584. The van der Waals surface area contributed by atoms with Crippen molar-refractivity contribution in [3.05, 3.63) is 48.2 Å². The van der Waals surface area contributed by atoms with Gasteiger partial charge in [0.1, 0.15) is 17.5 Å². The van der Waals surface area contributed by atoms with E-state index < -0.39 is 21.7 Å². The second-order valence-electron chi connectivity index (χ2n) is 3.68.